The molecule has 3 rings (SSSR count). The van der Waals surface area contributed by atoms with Crippen molar-refractivity contribution in [1.82, 2.24) is 5.32 Å². The molecule has 1 saturated heterocycles. The first-order valence-electron chi connectivity index (χ1n) is 6.54. The van der Waals surface area contributed by atoms with Crippen LogP contribution in [0.1, 0.15) is 24.5 Å². The summed E-state index contributed by atoms with van der Waals surface area (Å²) < 4.78 is 5.57. The molecule has 0 aromatic heterocycles. The fourth-order valence-electron chi connectivity index (χ4n) is 2.80. The van der Waals surface area contributed by atoms with Crippen LogP contribution in [0.15, 0.2) is 18.2 Å². The average molecular weight is 232 g/mol. The van der Waals surface area contributed by atoms with Crippen LogP contribution in [0.25, 0.3) is 0 Å². The SMILES string of the molecule is CC1OCCC1NCc1cccc2c1NCC2. The number of fused-ring (bicyclic) bond motifs is 1. The Balaban J connectivity index is 1.67. The van der Waals surface area contributed by atoms with Gasteiger partial charge in [-0.15, -0.1) is 0 Å². The highest BCUT2D eigenvalue weighted by Gasteiger charge is 2.24. The zero-order valence-corrected chi connectivity index (χ0v) is 10.3. The van der Waals surface area contributed by atoms with Crippen molar-refractivity contribution in [2.24, 2.45) is 0 Å². The first-order valence-corrected chi connectivity index (χ1v) is 6.54. The molecule has 2 unspecified atom stereocenters. The number of para-hydroxylation sites is 1. The molecule has 2 heterocycles. The van der Waals surface area contributed by atoms with Gasteiger partial charge in [-0.2, -0.15) is 0 Å². The minimum Gasteiger partial charge on any atom is -0.384 e. The summed E-state index contributed by atoms with van der Waals surface area (Å²) in [6.45, 7) is 5.06. The lowest BCUT2D eigenvalue weighted by Crippen LogP contribution is -2.34. The van der Waals surface area contributed by atoms with Crippen LogP contribution in [0.3, 0.4) is 0 Å². The van der Waals surface area contributed by atoms with Gasteiger partial charge < -0.3 is 15.4 Å². The molecule has 2 aliphatic heterocycles. The summed E-state index contributed by atoms with van der Waals surface area (Å²) in [5.41, 5.74) is 4.20. The fraction of sp³-hybridized carbons (Fsp3) is 0.571. The van der Waals surface area contributed by atoms with Gasteiger partial charge >= 0.3 is 0 Å². The molecular formula is C14H20N2O. The third kappa shape index (κ3) is 2.17. The predicted molar refractivity (Wildman–Crippen MR) is 69.3 cm³/mol. The highest BCUT2D eigenvalue weighted by atomic mass is 16.5. The Kier molecular flexibility index (Phi) is 3.04. The van der Waals surface area contributed by atoms with E-state index >= 15 is 0 Å². The van der Waals surface area contributed by atoms with Gasteiger partial charge in [-0.05, 0) is 30.9 Å². The summed E-state index contributed by atoms with van der Waals surface area (Å²) in [5, 5.41) is 7.10. The molecule has 92 valence electrons. The Hall–Kier alpha value is -1.06. The number of nitrogens with one attached hydrogen (secondary N) is 2. The van der Waals surface area contributed by atoms with Gasteiger partial charge in [0.15, 0.2) is 0 Å². The Bertz CT molecular complexity index is 405. The van der Waals surface area contributed by atoms with Crippen LogP contribution in [0, 0.1) is 0 Å². The zero-order valence-electron chi connectivity index (χ0n) is 10.3. The zero-order chi connectivity index (χ0) is 11.7. The van der Waals surface area contributed by atoms with Gasteiger partial charge in [0.25, 0.3) is 0 Å². The molecule has 3 heteroatoms. The molecule has 1 fully saturated rings. The topological polar surface area (TPSA) is 33.3 Å². The van der Waals surface area contributed by atoms with Crippen LogP contribution in [0.2, 0.25) is 0 Å². The average Bonchev–Trinajstić information content (AvgIpc) is 2.95. The monoisotopic (exact) mass is 232 g/mol. The summed E-state index contributed by atoms with van der Waals surface area (Å²) in [4.78, 5) is 0. The van der Waals surface area contributed by atoms with Crippen molar-refractivity contribution >= 4 is 5.69 Å². The lowest BCUT2D eigenvalue weighted by molar-refractivity contribution is 0.113. The van der Waals surface area contributed by atoms with Gasteiger partial charge in [0.2, 0.25) is 0 Å². The number of ether oxygens (including phenoxy) is 1. The molecule has 17 heavy (non-hydrogen) atoms. The van der Waals surface area contributed by atoms with Crippen molar-refractivity contribution in [3.63, 3.8) is 0 Å². The first kappa shape index (κ1) is 11.1. The third-order valence-corrected chi connectivity index (χ3v) is 3.86. The van der Waals surface area contributed by atoms with Crippen LogP contribution in [0.4, 0.5) is 5.69 Å². The van der Waals surface area contributed by atoms with E-state index in [9.17, 15) is 0 Å². The highest BCUT2D eigenvalue weighted by molar-refractivity contribution is 5.61. The van der Waals surface area contributed by atoms with E-state index in [1.54, 1.807) is 0 Å². The molecule has 1 aromatic rings. The predicted octanol–water partition coefficient (Wildman–Crippen LogP) is 1.92. The van der Waals surface area contributed by atoms with Gasteiger partial charge in [0.1, 0.15) is 0 Å². The first-order chi connectivity index (χ1) is 8.34. The number of hydrogen-bond acceptors (Lipinski definition) is 3. The molecule has 2 N–H and O–H groups in total. The van der Waals surface area contributed by atoms with Gasteiger partial charge in [-0.25, -0.2) is 0 Å². The van der Waals surface area contributed by atoms with E-state index in [2.05, 4.69) is 35.8 Å². The molecule has 1 aromatic carbocycles. The van der Waals surface area contributed by atoms with Crippen molar-refractivity contribution in [2.75, 3.05) is 18.5 Å². The molecule has 0 bridgehead atoms. The van der Waals surface area contributed by atoms with E-state index in [0.717, 1.165) is 32.5 Å². The maximum atomic E-state index is 5.57. The molecule has 0 aliphatic carbocycles. The summed E-state index contributed by atoms with van der Waals surface area (Å²) in [6.07, 6.45) is 2.63. The van der Waals surface area contributed by atoms with Crippen LogP contribution in [0.5, 0.6) is 0 Å². The number of benzene rings is 1. The molecule has 2 atom stereocenters. The molecular weight excluding hydrogens is 212 g/mol. The molecule has 3 nitrogen and oxygen atoms in total. The molecule has 0 amide bonds. The van der Waals surface area contributed by atoms with Crippen LogP contribution in [-0.2, 0) is 17.7 Å². The summed E-state index contributed by atoms with van der Waals surface area (Å²) >= 11 is 0. The number of rotatable bonds is 3. The maximum Gasteiger partial charge on any atom is 0.0700 e. The second-order valence-corrected chi connectivity index (χ2v) is 4.98. The van der Waals surface area contributed by atoms with E-state index in [-0.39, 0.29) is 0 Å². The van der Waals surface area contributed by atoms with Crippen LogP contribution < -0.4 is 10.6 Å². The largest absolute Gasteiger partial charge is 0.384 e. The molecule has 0 radical (unpaired) electrons. The van der Waals surface area contributed by atoms with E-state index < -0.39 is 0 Å². The van der Waals surface area contributed by atoms with Gasteiger partial charge in [0.05, 0.1) is 6.10 Å². The quantitative estimate of drug-likeness (QED) is 0.835. The van der Waals surface area contributed by atoms with Crippen molar-refractivity contribution in [3.8, 4) is 0 Å². The van der Waals surface area contributed by atoms with E-state index in [0.29, 0.717) is 12.1 Å². The second kappa shape index (κ2) is 4.67. The second-order valence-electron chi connectivity index (χ2n) is 4.98. The normalized spacial score (nSPS) is 26.9. The maximum absolute atomic E-state index is 5.57. The lowest BCUT2D eigenvalue weighted by atomic mass is 10.1. The lowest BCUT2D eigenvalue weighted by Gasteiger charge is -2.17. The van der Waals surface area contributed by atoms with Gasteiger partial charge in [-0.3, -0.25) is 0 Å². The van der Waals surface area contributed by atoms with E-state index in [4.69, 9.17) is 4.74 Å². The molecule has 0 spiro atoms. The van der Waals surface area contributed by atoms with Gasteiger partial charge in [-0.1, -0.05) is 18.2 Å². The third-order valence-electron chi connectivity index (χ3n) is 3.86. The van der Waals surface area contributed by atoms with Crippen molar-refractivity contribution in [2.45, 2.75) is 38.5 Å². The van der Waals surface area contributed by atoms with Gasteiger partial charge in [0, 0.05) is 31.4 Å². The molecule has 2 aliphatic rings. The highest BCUT2D eigenvalue weighted by Crippen LogP contribution is 2.26. The number of anilines is 1. The Morgan fingerprint density at radius 3 is 3.24 bits per heavy atom. The smallest absolute Gasteiger partial charge is 0.0700 e. The summed E-state index contributed by atoms with van der Waals surface area (Å²) in [5.74, 6) is 0. The Morgan fingerprint density at radius 2 is 2.41 bits per heavy atom. The summed E-state index contributed by atoms with van der Waals surface area (Å²) in [7, 11) is 0. The Labute approximate surface area is 103 Å². The minimum atomic E-state index is 0.347. The Morgan fingerprint density at radius 1 is 1.47 bits per heavy atom. The summed E-state index contributed by atoms with van der Waals surface area (Å²) in [6, 6.07) is 7.11. The van der Waals surface area contributed by atoms with E-state index in [1.807, 2.05) is 0 Å². The standard InChI is InChI=1S/C14H20N2O/c1-10-13(6-8-17-10)16-9-12-4-2-3-11-5-7-15-14(11)12/h2-4,10,13,15-16H,5-9H2,1H3. The van der Waals surface area contributed by atoms with Crippen LogP contribution in [-0.4, -0.2) is 25.3 Å². The number of hydrogen-bond donors (Lipinski definition) is 2. The van der Waals surface area contributed by atoms with E-state index in [1.165, 1.54) is 16.8 Å². The van der Waals surface area contributed by atoms with Crippen molar-refractivity contribution < 1.29 is 4.74 Å². The van der Waals surface area contributed by atoms with Crippen molar-refractivity contribution in [3.05, 3.63) is 29.3 Å². The van der Waals surface area contributed by atoms with Crippen LogP contribution >= 0.6 is 0 Å². The fourth-order valence-corrected chi connectivity index (χ4v) is 2.80. The van der Waals surface area contributed by atoms with Crippen molar-refractivity contribution in [1.29, 1.82) is 0 Å². The minimum absolute atomic E-state index is 0.347. The molecule has 0 saturated carbocycles.